The second-order valence-corrected chi connectivity index (χ2v) is 4.23. The topological polar surface area (TPSA) is 63.2 Å². The number of carbonyl (C=O) groups excluding carboxylic acids is 1. The highest BCUT2D eigenvalue weighted by molar-refractivity contribution is 6.07. The molecule has 110 valence electrons. The molecule has 0 spiro atoms. The maximum atomic E-state index is 13.6. The summed E-state index contributed by atoms with van der Waals surface area (Å²) < 4.78 is 18.4. The quantitative estimate of drug-likeness (QED) is 0.888. The number of anilines is 2. The zero-order chi connectivity index (χ0) is 15.2. The Morgan fingerprint density at radius 1 is 1.38 bits per heavy atom. The van der Waals surface area contributed by atoms with Crippen LogP contribution in [0.4, 0.5) is 15.9 Å². The molecule has 0 fully saturated rings. The van der Waals surface area contributed by atoms with Crippen LogP contribution in [0.2, 0.25) is 0 Å². The molecule has 0 saturated carbocycles. The van der Waals surface area contributed by atoms with Crippen molar-refractivity contribution in [2.45, 2.75) is 6.92 Å². The van der Waals surface area contributed by atoms with Crippen LogP contribution < -0.4 is 15.4 Å². The van der Waals surface area contributed by atoms with Crippen molar-refractivity contribution in [1.82, 2.24) is 4.98 Å². The second-order valence-electron chi connectivity index (χ2n) is 4.23. The second kappa shape index (κ2) is 6.69. The average Bonchev–Trinajstić information content (AvgIpc) is 2.48. The monoisotopic (exact) mass is 289 g/mol. The highest BCUT2D eigenvalue weighted by atomic mass is 19.1. The summed E-state index contributed by atoms with van der Waals surface area (Å²) in [4.78, 5) is 16.3. The lowest BCUT2D eigenvalue weighted by Crippen LogP contribution is -2.15. The Morgan fingerprint density at radius 2 is 2.19 bits per heavy atom. The number of nitrogens with one attached hydrogen (secondary N) is 2. The fourth-order valence-electron chi connectivity index (χ4n) is 1.84. The number of pyridine rings is 1. The van der Waals surface area contributed by atoms with E-state index in [2.05, 4.69) is 15.6 Å². The molecule has 2 rings (SSSR count). The van der Waals surface area contributed by atoms with Crippen molar-refractivity contribution in [3.8, 4) is 5.75 Å². The van der Waals surface area contributed by atoms with Crippen LogP contribution >= 0.6 is 0 Å². The molecule has 0 bridgehead atoms. The zero-order valence-corrected chi connectivity index (χ0v) is 11.8. The fourth-order valence-corrected chi connectivity index (χ4v) is 1.84. The van der Waals surface area contributed by atoms with Gasteiger partial charge in [-0.2, -0.15) is 0 Å². The van der Waals surface area contributed by atoms with Crippen LogP contribution in [0.15, 0.2) is 36.5 Å². The summed E-state index contributed by atoms with van der Waals surface area (Å²) in [5.74, 6) is -0.272. The minimum atomic E-state index is -0.534. The van der Waals surface area contributed by atoms with Crippen molar-refractivity contribution < 1.29 is 13.9 Å². The lowest BCUT2D eigenvalue weighted by molar-refractivity contribution is 0.102. The van der Waals surface area contributed by atoms with Crippen molar-refractivity contribution in [2.75, 3.05) is 24.3 Å². The largest absolute Gasteiger partial charge is 0.494 e. The fraction of sp³-hybridized carbons (Fsp3) is 0.200. The van der Waals surface area contributed by atoms with Crippen LogP contribution in [0.25, 0.3) is 0 Å². The van der Waals surface area contributed by atoms with E-state index in [1.165, 1.54) is 19.2 Å². The SMILES string of the molecule is CCNc1ncccc1C(=O)Nc1ccc(OC)c(F)c1. The van der Waals surface area contributed by atoms with E-state index in [0.29, 0.717) is 23.6 Å². The lowest BCUT2D eigenvalue weighted by atomic mass is 10.2. The van der Waals surface area contributed by atoms with Crippen LogP contribution in [0, 0.1) is 5.82 Å². The predicted molar refractivity (Wildman–Crippen MR) is 79.3 cm³/mol. The van der Waals surface area contributed by atoms with E-state index in [0.717, 1.165) is 0 Å². The predicted octanol–water partition coefficient (Wildman–Crippen LogP) is 2.91. The van der Waals surface area contributed by atoms with Crippen LogP contribution in [0.5, 0.6) is 5.75 Å². The summed E-state index contributed by atoms with van der Waals surface area (Å²) in [5, 5.41) is 5.64. The third kappa shape index (κ3) is 3.47. The van der Waals surface area contributed by atoms with Crippen molar-refractivity contribution in [2.24, 2.45) is 0 Å². The van der Waals surface area contributed by atoms with Gasteiger partial charge >= 0.3 is 0 Å². The molecule has 2 N–H and O–H groups in total. The van der Waals surface area contributed by atoms with Gasteiger partial charge in [-0.1, -0.05) is 0 Å². The van der Waals surface area contributed by atoms with E-state index in [-0.39, 0.29) is 11.7 Å². The minimum absolute atomic E-state index is 0.128. The van der Waals surface area contributed by atoms with Crippen molar-refractivity contribution in [1.29, 1.82) is 0 Å². The number of ether oxygens (including phenoxy) is 1. The van der Waals surface area contributed by atoms with E-state index in [1.54, 1.807) is 24.4 Å². The molecule has 1 aromatic heterocycles. The summed E-state index contributed by atoms with van der Waals surface area (Å²) in [7, 11) is 1.38. The van der Waals surface area contributed by atoms with Crippen molar-refractivity contribution in [3.05, 3.63) is 47.9 Å². The van der Waals surface area contributed by atoms with Gasteiger partial charge in [0.2, 0.25) is 0 Å². The summed E-state index contributed by atoms with van der Waals surface area (Å²) in [6, 6.07) is 7.56. The van der Waals surface area contributed by atoms with Crippen LogP contribution in [0.1, 0.15) is 17.3 Å². The normalized spacial score (nSPS) is 10.0. The van der Waals surface area contributed by atoms with Gasteiger partial charge < -0.3 is 15.4 Å². The third-order valence-corrected chi connectivity index (χ3v) is 2.81. The Labute approximate surface area is 122 Å². The van der Waals surface area contributed by atoms with Gasteiger partial charge in [0, 0.05) is 24.5 Å². The molecule has 21 heavy (non-hydrogen) atoms. The Balaban J connectivity index is 2.20. The number of rotatable bonds is 5. The Kier molecular flexibility index (Phi) is 4.71. The van der Waals surface area contributed by atoms with Crippen LogP contribution in [0.3, 0.4) is 0 Å². The van der Waals surface area contributed by atoms with E-state index >= 15 is 0 Å². The van der Waals surface area contributed by atoms with Gasteiger partial charge in [-0.3, -0.25) is 4.79 Å². The van der Waals surface area contributed by atoms with Crippen LogP contribution in [-0.4, -0.2) is 24.5 Å². The molecule has 0 saturated heterocycles. The number of halogens is 1. The molecular formula is C15H16FN3O2. The van der Waals surface area contributed by atoms with E-state index in [9.17, 15) is 9.18 Å². The van der Waals surface area contributed by atoms with Crippen molar-refractivity contribution in [3.63, 3.8) is 0 Å². The van der Waals surface area contributed by atoms with Crippen LogP contribution in [-0.2, 0) is 0 Å². The molecule has 1 aromatic carbocycles. The number of hydrogen-bond donors (Lipinski definition) is 2. The summed E-state index contributed by atoms with van der Waals surface area (Å²) in [6.45, 7) is 2.56. The Hall–Kier alpha value is -2.63. The summed E-state index contributed by atoms with van der Waals surface area (Å²) >= 11 is 0. The number of methoxy groups -OCH3 is 1. The highest BCUT2D eigenvalue weighted by Crippen LogP contribution is 2.21. The first-order chi connectivity index (χ1) is 10.2. The average molecular weight is 289 g/mol. The van der Waals surface area contributed by atoms with E-state index in [4.69, 9.17) is 4.74 Å². The standard InChI is InChI=1S/C15H16FN3O2/c1-3-17-14-11(5-4-8-18-14)15(20)19-10-6-7-13(21-2)12(16)9-10/h4-9H,3H2,1-2H3,(H,17,18)(H,19,20). The van der Waals surface area contributed by atoms with Gasteiger partial charge in [-0.25, -0.2) is 9.37 Å². The van der Waals surface area contributed by atoms with E-state index < -0.39 is 5.82 Å². The summed E-state index contributed by atoms with van der Waals surface area (Å²) in [5.41, 5.74) is 0.750. The Morgan fingerprint density at radius 3 is 2.86 bits per heavy atom. The molecule has 0 aliphatic rings. The molecule has 0 aliphatic carbocycles. The molecular weight excluding hydrogens is 273 g/mol. The first kappa shape index (κ1) is 14.8. The van der Waals surface area contributed by atoms with Gasteiger partial charge in [-0.05, 0) is 31.2 Å². The lowest BCUT2D eigenvalue weighted by Gasteiger charge is -2.10. The first-order valence-electron chi connectivity index (χ1n) is 6.49. The maximum Gasteiger partial charge on any atom is 0.259 e. The molecule has 2 aromatic rings. The van der Waals surface area contributed by atoms with Gasteiger partial charge in [0.25, 0.3) is 5.91 Å². The highest BCUT2D eigenvalue weighted by Gasteiger charge is 2.13. The number of hydrogen-bond acceptors (Lipinski definition) is 4. The van der Waals surface area contributed by atoms with Crippen molar-refractivity contribution >= 4 is 17.4 Å². The van der Waals surface area contributed by atoms with Gasteiger partial charge in [0.15, 0.2) is 11.6 Å². The molecule has 0 radical (unpaired) electrons. The number of aromatic nitrogens is 1. The minimum Gasteiger partial charge on any atom is -0.494 e. The number of amides is 1. The molecule has 1 heterocycles. The zero-order valence-electron chi connectivity index (χ0n) is 11.8. The molecule has 5 nitrogen and oxygen atoms in total. The summed E-state index contributed by atoms with van der Waals surface area (Å²) in [6.07, 6.45) is 1.60. The smallest absolute Gasteiger partial charge is 0.259 e. The number of benzene rings is 1. The molecule has 0 aliphatic heterocycles. The molecule has 0 atom stereocenters. The molecule has 6 heteroatoms. The molecule has 1 amide bonds. The number of carbonyl (C=O) groups is 1. The van der Waals surface area contributed by atoms with E-state index in [1.807, 2.05) is 6.92 Å². The third-order valence-electron chi connectivity index (χ3n) is 2.81. The Bertz CT molecular complexity index is 647. The van der Waals surface area contributed by atoms with Gasteiger partial charge in [0.1, 0.15) is 5.82 Å². The van der Waals surface area contributed by atoms with Gasteiger partial charge in [-0.15, -0.1) is 0 Å². The molecule has 0 unspecified atom stereocenters. The van der Waals surface area contributed by atoms with Gasteiger partial charge in [0.05, 0.1) is 12.7 Å². The first-order valence-corrected chi connectivity index (χ1v) is 6.49. The number of nitrogens with zero attached hydrogens (tertiary/aromatic N) is 1. The maximum absolute atomic E-state index is 13.6.